The maximum atomic E-state index is 6.66. The Hall–Kier alpha value is 0.744. The second-order valence-electron chi connectivity index (χ2n) is 1.75. The Bertz CT molecular complexity index is 61.7. The molecule has 0 aliphatic heterocycles. The summed E-state index contributed by atoms with van der Waals surface area (Å²) in [6.45, 7) is 2.17. The van der Waals surface area contributed by atoms with E-state index in [-0.39, 0.29) is 0 Å². The van der Waals surface area contributed by atoms with Crippen molar-refractivity contribution in [3.8, 4) is 0 Å². The molecule has 0 aliphatic carbocycles. The molecule has 1 nitrogen and oxygen atoms in total. The van der Waals surface area contributed by atoms with Gasteiger partial charge >= 0.3 is 33.0 Å². The summed E-state index contributed by atoms with van der Waals surface area (Å²) in [6, 6.07) is 0. The first-order valence-electron chi connectivity index (χ1n) is 3.14. The number of hydrogen-bond donors (Lipinski definition) is 1. The number of hydrogen-bond acceptors (Lipinski definition) is 1. The van der Waals surface area contributed by atoms with Gasteiger partial charge in [-0.1, -0.05) is 19.8 Å². The number of nitrogens with one attached hydrogen (secondary N) is 1. The Morgan fingerprint density at radius 2 is 1.90 bits per heavy atom. The van der Waals surface area contributed by atoms with Crippen LogP contribution in [0.25, 0.3) is 0 Å². The van der Waals surface area contributed by atoms with Gasteiger partial charge in [-0.05, 0) is 19.1 Å². The van der Waals surface area contributed by atoms with Crippen LogP contribution in [0, 0.1) is 5.41 Å². The van der Waals surface area contributed by atoms with E-state index in [4.69, 9.17) is 25.8 Å². The molecular weight excluding hydrogens is 216 g/mol. The molecule has 0 radical (unpaired) electrons. The molecule has 0 aromatic heterocycles. The van der Waals surface area contributed by atoms with Gasteiger partial charge in [0.05, 0.1) is 0 Å². The van der Waals surface area contributed by atoms with E-state index in [1.165, 1.54) is 25.5 Å². The van der Waals surface area contributed by atoms with Gasteiger partial charge in [-0.3, -0.25) is 0 Å². The second-order valence-corrected chi connectivity index (χ2v) is 3.38. The summed E-state index contributed by atoms with van der Waals surface area (Å²) < 4.78 is 0. The third-order valence-corrected chi connectivity index (χ3v) is 0.952. The standard InChI is InChI=1S/C6H13N.2ClH.Ni/c1-2-3-4-5-6-7;;;/h6-7H,2-5H2,1H3;2*1H;/q;;;+2/p-2. The topological polar surface area (TPSA) is 23.9 Å². The van der Waals surface area contributed by atoms with Crippen LogP contribution >= 0.6 is 20.4 Å². The average Bonchev–Trinajstić information content (AvgIpc) is 1.91. The summed E-state index contributed by atoms with van der Waals surface area (Å²) in [4.78, 5) is 0. The Labute approximate surface area is 77.3 Å². The van der Waals surface area contributed by atoms with E-state index < -0.39 is 0 Å². The fraction of sp³-hybridized carbons (Fsp3) is 0.833. The van der Waals surface area contributed by atoms with Gasteiger partial charge < -0.3 is 5.41 Å². The first kappa shape index (κ1) is 13.3. The first-order valence-corrected chi connectivity index (χ1v) is 5.86. The Morgan fingerprint density at radius 3 is 2.20 bits per heavy atom. The third-order valence-electron chi connectivity index (χ3n) is 0.952. The van der Waals surface area contributed by atoms with Crippen molar-refractivity contribution in [1.82, 2.24) is 0 Å². The van der Waals surface area contributed by atoms with Crippen LogP contribution in [-0.2, 0) is 12.7 Å². The molecule has 0 aromatic carbocycles. The van der Waals surface area contributed by atoms with Crippen LogP contribution in [0.3, 0.4) is 0 Å². The second kappa shape index (κ2) is 16.4. The van der Waals surface area contributed by atoms with Crippen LogP contribution in [0.2, 0.25) is 0 Å². The van der Waals surface area contributed by atoms with Gasteiger partial charge in [0.2, 0.25) is 0 Å². The summed E-state index contributed by atoms with van der Waals surface area (Å²) in [5.74, 6) is 0. The van der Waals surface area contributed by atoms with Crippen LogP contribution in [0.1, 0.15) is 32.6 Å². The van der Waals surface area contributed by atoms with Crippen LogP contribution in [-0.4, -0.2) is 6.21 Å². The Morgan fingerprint density at radius 1 is 1.40 bits per heavy atom. The van der Waals surface area contributed by atoms with Crippen molar-refractivity contribution < 1.29 is 12.7 Å². The van der Waals surface area contributed by atoms with Crippen LogP contribution in [0.15, 0.2) is 0 Å². The monoisotopic (exact) mass is 227 g/mol. The summed E-state index contributed by atoms with van der Waals surface area (Å²) >= 11 is 0.569. The molecule has 1 N–H and O–H groups in total. The quantitative estimate of drug-likeness (QED) is 0.432. The zero-order valence-corrected chi connectivity index (χ0v) is 8.48. The van der Waals surface area contributed by atoms with E-state index in [1.807, 2.05) is 0 Å². The molecule has 0 spiro atoms. The molecule has 10 heavy (non-hydrogen) atoms. The zero-order valence-electron chi connectivity index (χ0n) is 5.98. The molecular formula is C6H13Cl2NNi. The predicted molar refractivity (Wildman–Crippen MR) is 44.6 cm³/mol. The van der Waals surface area contributed by atoms with Gasteiger partial charge in [0.15, 0.2) is 0 Å². The molecule has 66 valence electrons. The molecule has 0 aromatic rings. The number of unbranched alkanes of at least 4 members (excludes halogenated alkanes) is 3. The van der Waals surface area contributed by atoms with Crippen molar-refractivity contribution in [3.63, 3.8) is 0 Å². The summed E-state index contributed by atoms with van der Waals surface area (Å²) in [5.41, 5.74) is 0. The van der Waals surface area contributed by atoms with E-state index in [1.54, 1.807) is 0 Å². The van der Waals surface area contributed by atoms with Crippen molar-refractivity contribution in [3.05, 3.63) is 0 Å². The fourth-order valence-corrected chi connectivity index (χ4v) is 0.496. The maximum absolute atomic E-state index is 6.66. The predicted octanol–water partition coefficient (Wildman–Crippen LogP) is 3.59. The van der Waals surface area contributed by atoms with Crippen molar-refractivity contribution in [1.29, 1.82) is 5.41 Å². The molecule has 4 heteroatoms. The normalized spacial score (nSPS) is 8.30. The van der Waals surface area contributed by atoms with Gasteiger partial charge in [0.1, 0.15) is 0 Å². The number of rotatable bonds is 4. The molecule has 0 amide bonds. The van der Waals surface area contributed by atoms with Crippen LogP contribution in [0.5, 0.6) is 0 Å². The molecule has 0 saturated heterocycles. The number of halogens is 2. The molecule has 0 fully saturated rings. The van der Waals surface area contributed by atoms with Crippen LogP contribution < -0.4 is 0 Å². The summed E-state index contributed by atoms with van der Waals surface area (Å²) in [7, 11) is 9.40. The molecule has 0 heterocycles. The van der Waals surface area contributed by atoms with E-state index in [0.29, 0.717) is 12.7 Å². The van der Waals surface area contributed by atoms with Crippen molar-refractivity contribution in [2.24, 2.45) is 0 Å². The van der Waals surface area contributed by atoms with Gasteiger partial charge in [-0.25, -0.2) is 0 Å². The van der Waals surface area contributed by atoms with E-state index >= 15 is 0 Å². The minimum atomic E-state index is 0.569. The molecule has 0 rings (SSSR count). The molecule has 0 atom stereocenters. The fourth-order valence-electron chi connectivity index (χ4n) is 0.496. The minimum absolute atomic E-state index is 0.569. The molecule has 0 saturated carbocycles. The van der Waals surface area contributed by atoms with Gasteiger partial charge in [-0.2, -0.15) is 0 Å². The summed E-state index contributed by atoms with van der Waals surface area (Å²) in [6.07, 6.45) is 6.17. The molecule has 0 bridgehead atoms. The molecule has 0 aliphatic rings. The first-order chi connectivity index (χ1) is 4.83. The summed E-state index contributed by atoms with van der Waals surface area (Å²) in [5, 5.41) is 6.66. The van der Waals surface area contributed by atoms with Crippen molar-refractivity contribution in [2.45, 2.75) is 32.6 Å². The zero-order chi connectivity index (χ0) is 8.24. The Kier molecular flexibility index (Phi) is 21.9. The molecule has 0 unspecified atom stereocenters. The van der Waals surface area contributed by atoms with Crippen LogP contribution in [0.4, 0.5) is 0 Å². The van der Waals surface area contributed by atoms with Crippen molar-refractivity contribution in [2.75, 3.05) is 0 Å². The van der Waals surface area contributed by atoms with E-state index in [0.717, 1.165) is 6.42 Å². The van der Waals surface area contributed by atoms with Gasteiger partial charge in [0, 0.05) is 0 Å². The van der Waals surface area contributed by atoms with Gasteiger partial charge in [-0.15, -0.1) is 0 Å². The third kappa shape index (κ3) is 23.3. The van der Waals surface area contributed by atoms with E-state index in [2.05, 4.69) is 6.92 Å². The van der Waals surface area contributed by atoms with E-state index in [9.17, 15) is 0 Å². The van der Waals surface area contributed by atoms with Gasteiger partial charge in [0.25, 0.3) is 0 Å². The van der Waals surface area contributed by atoms with Crippen molar-refractivity contribution >= 4 is 26.6 Å². The average molecular weight is 229 g/mol. The Balaban J connectivity index is 0. The SMILES string of the molecule is CCCCCC=N.[Cl][Ni][Cl].